The lowest BCUT2D eigenvalue weighted by molar-refractivity contribution is -0.137. The van der Waals surface area contributed by atoms with E-state index in [2.05, 4.69) is 17.9 Å². The first-order chi connectivity index (χ1) is 6.57. The Morgan fingerprint density at radius 2 is 2.14 bits per heavy atom. The molecule has 80 valence electrons. The first-order valence-electron chi connectivity index (χ1n) is 3.99. The molecule has 0 rings (SSSR count). The van der Waals surface area contributed by atoms with E-state index in [0.29, 0.717) is 6.61 Å². The summed E-state index contributed by atoms with van der Waals surface area (Å²) in [5.74, 6) is -1.64. The number of carboxylic acid groups (broad SMARTS) is 1. The fourth-order valence-corrected chi connectivity index (χ4v) is 0.594. The molecule has 0 saturated carbocycles. The Kier molecular flexibility index (Phi) is 6.43. The molecule has 0 aromatic carbocycles. The van der Waals surface area contributed by atoms with Crippen molar-refractivity contribution in [2.75, 3.05) is 19.8 Å². The lowest BCUT2D eigenvalue weighted by atomic mass is 10.4. The van der Waals surface area contributed by atoms with Crippen LogP contribution in [0.4, 0.5) is 0 Å². The van der Waals surface area contributed by atoms with Gasteiger partial charge in [0.25, 0.3) is 0 Å². The minimum atomic E-state index is -1.25. The van der Waals surface area contributed by atoms with Gasteiger partial charge in [-0.15, -0.1) is 6.58 Å². The Labute approximate surface area is 82.3 Å². The van der Waals surface area contributed by atoms with Gasteiger partial charge in [-0.2, -0.15) is 0 Å². The third-order valence-corrected chi connectivity index (χ3v) is 1.23. The van der Waals surface area contributed by atoms with Gasteiger partial charge in [0.05, 0.1) is 13.2 Å². The SMILES string of the molecule is C=CCOCC(O)COC(=C)C(=O)O. The van der Waals surface area contributed by atoms with E-state index in [4.69, 9.17) is 9.84 Å². The van der Waals surface area contributed by atoms with E-state index in [0.717, 1.165) is 0 Å². The molecule has 0 aromatic rings. The van der Waals surface area contributed by atoms with Crippen molar-refractivity contribution in [1.82, 2.24) is 0 Å². The quantitative estimate of drug-likeness (QED) is 0.254. The van der Waals surface area contributed by atoms with Gasteiger partial charge in [-0.1, -0.05) is 6.08 Å². The zero-order valence-electron chi connectivity index (χ0n) is 7.81. The number of hydrogen-bond acceptors (Lipinski definition) is 4. The second-order valence-corrected chi connectivity index (χ2v) is 2.52. The zero-order valence-corrected chi connectivity index (χ0v) is 7.81. The predicted molar refractivity (Wildman–Crippen MR) is 49.8 cm³/mol. The second kappa shape index (κ2) is 7.11. The molecule has 0 spiro atoms. The number of hydrogen-bond donors (Lipinski definition) is 2. The van der Waals surface area contributed by atoms with Crippen LogP contribution >= 0.6 is 0 Å². The highest BCUT2D eigenvalue weighted by Crippen LogP contribution is 1.96. The van der Waals surface area contributed by atoms with Crippen molar-refractivity contribution in [2.45, 2.75) is 6.10 Å². The molecule has 0 aromatic heterocycles. The molecule has 0 fully saturated rings. The smallest absolute Gasteiger partial charge is 0.370 e. The average molecular weight is 202 g/mol. The van der Waals surface area contributed by atoms with Gasteiger partial charge >= 0.3 is 5.97 Å². The molecule has 0 aliphatic rings. The van der Waals surface area contributed by atoms with Crippen LogP contribution in [0.2, 0.25) is 0 Å². The molecule has 5 heteroatoms. The Balaban J connectivity index is 3.52. The van der Waals surface area contributed by atoms with Gasteiger partial charge in [0.1, 0.15) is 12.7 Å². The summed E-state index contributed by atoms with van der Waals surface area (Å²) in [5.41, 5.74) is 0. The van der Waals surface area contributed by atoms with E-state index >= 15 is 0 Å². The van der Waals surface area contributed by atoms with Gasteiger partial charge in [0.2, 0.25) is 0 Å². The lowest BCUT2D eigenvalue weighted by Crippen LogP contribution is -2.22. The number of carbonyl (C=O) groups is 1. The van der Waals surface area contributed by atoms with Gasteiger partial charge < -0.3 is 19.7 Å². The normalized spacial score (nSPS) is 11.8. The predicted octanol–water partition coefficient (Wildman–Crippen LogP) is 0.165. The van der Waals surface area contributed by atoms with Gasteiger partial charge in [0.15, 0.2) is 5.76 Å². The number of aliphatic hydroxyl groups is 1. The minimum absolute atomic E-state index is 0.0684. The molecule has 1 atom stereocenters. The molecule has 0 saturated heterocycles. The standard InChI is InChI=1S/C9H14O5/c1-3-4-13-5-8(10)6-14-7(2)9(11)12/h3,8,10H,1-2,4-6H2,(H,11,12). The van der Waals surface area contributed by atoms with E-state index in [1.54, 1.807) is 6.08 Å². The van der Waals surface area contributed by atoms with Crippen LogP contribution < -0.4 is 0 Å². The molecule has 14 heavy (non-hydrogen) atoms. The van der Waals surface area contributed by atoms with Gasteiger partial charge in [0, 0.05) is 0 Å². The Morgan fingerprint density at radius 1 is 1.50 bits per heavy atom. The van der Waals surface area contributed by atoms with Gasteiger partial charge in [-0.3, -0.25) is 0 Å². The number of aliphatic carboxylic acids is 1. The molecule has 0 radical (unpaired) electrons. The zero-order chi connectivity index (χ0) is 11.0. The highest BCUT2D eigenvalue weighted by Gasteiger charge is 2.09. The van der Waals surface area contributed by atoms with Crippen LogP contribution in [0.3, 0.4) is 0 Å². The van der Waals surface area contributed by atoms with Crippen molar-refractivity contribution in [3.8, 4) is 0 Å². The van der Waals surface area contributed by atoms with E-state index in [1.165, 1.54) is 0 Å². The highest BCUT2D eigenvalue weighted by molar-refractivity contribution is 5.83. The van der Waals surface area contributed by atoms with Crippen molar-refractivity contribution in [3.05, 3.63) is 25.0 Å². The monoisotopic (exact) mass is 202 g/mol. The Bertz CT molecular complexity index is 211. The van der Waals surface area contributed by atoms with Crippen LogP contribution in [-0.2, 0) is 14.3 Å². The number of rotatable bonds is 8. The van der Waals surface area contributed by atoms with Crippen LogP contribution in [0.1, 0.15) is 0 Å². The van der Waals surface area contributed by atoms with Gasteiger partial charge in [-0.05, 0) is 6.58 Å². The maximum atomic E-state index is 10.2. The Hall–Kier alpha value is -1.33. The summed E-state index contributed by atoms with van der Waals surface area (Å²) in [6.45, 7) is 6.81. The molecule has 0 aliphatic carbocycles. The number of aliphatic hydroxyl groups excluding tert-OH is 1. The van der Waals surface area contributed by atoms with Crippen LogP contribution in [0.5, 0.6) is 0 Å². The molecular formula is C9H14O5. The third-order valence-electron chi connectivity index (χ3n) is 1.23. The summed E-state index contributed by atoms with van der Waals surface area (Å²) < 4.78 is 9.56. The van der Waals surface area contributed by atoms with Crippen LogP contribution in [0.25, 0.3) is 0 Å². The second-order valence-electron chi connectivity index (χ2n) is 2.52. The fraction of sp³-hybridized carbons (Fsp3) is 0.444. The van der Waals surface area contributed by atoms with E-state index in [9.17, 15) is 9.90 Å². The average Bonchev–Trinajstić information content (AvgIpc) is 2.14. The Morgan fingerprint density at radius 3 is 2.64 bits per heavy atom. The van der Waals surface area contributed by atoms with E-state index in [1.807, 2.05) is 0 Å². The minimum Gasteiger partial charge on any atom is -0.484 e. The summed E-state index contributed by atoms with van der Waals surface area (Å²) in [5, 5.41) is 17.5. The summed E-state index contributed by atoms with van der Waals surface area (Å²) in [6.07, 6.45) is 0.676. The highest BCUT2D eigenvalue weighted by atomic mass is 16.5. The first kappa shape index (κ1) is 12.7. The maximum Gasteiger partial charge on any atom is 0.370 e. The van der Waals surface area contributed by atoms with Crippen LogP contribution in [0, 0.1) is 0 Å². The molecule has 0 aliphatic heterocycles. The summed E-state index contributed by atoms with van der Waals surface area (Å²) in [7, 11) is 0. The molecule has 2 N–H and O–H groups in total. The van der Waals surface area contributed by atoms with Crippen molar-refractivity contribution in [1.29, 1.82) is 0 Å². The first-order valence-corrected chi connectivity index (χ1v) is 3.99. The maximum absolute atomic E-state index is 10.2. The van der Waals surface area contributed by atoms with Crippen molar-refractivity contribution in [3.63, 3.8) is 0 Å². The van der Waals surface area contributed by atoms with Crippen molar-refractivity contribution in [2.24, 2.45) is 0 Å². The van der Waals surface area contributed by atoms with Crippen LogP contribution in [-0.4, -0.2) is 42.1 Å². The summed E-state index contributed by atoms with van der Waals surface area (Å²) in [6, 6.07) is 0. The third kappa shape index (κ3) is 6.22. The number of carboxylic acids is 1. The fourth-order valence-electron chi connectivity index (χ4n) is 0.594. The topological polar surface area (TPSA) is 76.0 Å². The van der Waals surface area contributed by atoms with Crippen molar-refractivity contribution >= 4 is 5.97 Å². The summed E-state index contributed by atoms with van der Waals surface area (Å²) >= 11 is 0. The van der Waals surface area contributed by atoms with E-state index in [-0.39, 0.29) is 13.2 Å². The molecule has 0 bridgehead atoms. The van der Waals surface area contributed by atoms with E-state index < -0.39 is 17.8 Å². The summed E-state index contributed by atoms with van der Waals surface area (Å²) in [4.78, 5) is 10.2. The molecule has 0 heterocycles. The van der Waals surface area contributed by atoms with Crippen LogP contribution in [0.15, 0.2) is 25.0 Å². The van der Waals surface area contributed by atoms with Gasteiger partial charge in [-0.25, -0.2) is 4.79 Å². The lowest BCUT2D eigenvalue weighted by Gasteiger charge is -2.11. The largest absolute Gasteiger partial charge is 0.484 e. The molecule has 5 nitrogen and oxygen atoms in total. The molecular weight excluding hydrogens is 188 g/mol. The molecule has 0 amide bonds. The molecule has 1 unspecified atom stereocenters. The number of ether oxygens (including phenoxy) is 2. The van der Waals surface area contributed by atoms with Crippen molar-refractivity contribution < 1.29 is 24.5 Å².